The first-order valence-electron chi connectivity index (χ1n) is 8.13. The zero-order chi connectivity index (χ0) is 16.4. The molecule has 5 nitrogen and oxygen atoms in total. The van der Waals surface area contributed by atoms with Gasteiger partial charge in [0.1, 0.15) is 5.78 Å². The summed E-state index contributed by atoms with van der Waals surface area (Å²) in [5, 5.41) is 0.768. The predicted molar refractivity (Wildman–Crippen MR) is 87.1 cm³/mol. The lowest BCUT2D eigenvalue weighted by Gasteiger charge is -2.33. The molecule has 24 heavy (non-hydrogen) atoms. The molecule has 2 heterocycles. The zero-order valence-corrected chi connectivity index (χ0v) is 12.9. The molecule has 1 aromatic carbocycles. The number of allylic oxidation sites excluding steroid dienone is 1. The minimum Gasteiger partial charge on any atom is -0.299 e. The maximum atomic E-state index is 13.0. The number of fused-ring (bicyclic) bond motifs is 3. The van der Waals surface area contributed by atoms with E-state index in [2.05, 4.69) is 4.98 Å². The third-order valence-electron chi connectivity index (χ3n) is 5.44. The molecule has 2 amide bonds. The van der Waals surface area contributed by atoms with E-state index in [-0.39, 0.29) is 23.5 Å². The first kappa shape index (κ1) is 13.6. The molecule has 1 saturated carbocycles. The van der Waals surface area contributed by atoms with Crippen LogP contribution >= 0.6 is 0 Å². The first-order chi connectivity index (χ1) is 11.7. The summed E-state index contributed by atoms with van der Waals surface area (Å²) in [6.45, 7) is 0. The van der Waals surface area contributed by atoms with Gasteiger partial charge in [0, 0.05) is 29.5 Å². The second-order valence-corrected chi connectivity index (χ2v) is 6.61. The average Bonchev–Trinajstić information content (AvgIpc) is 2.88. The van der Waals surface area contributed by atoms with Gasteiger partial charge in [-0.05, 0) is 37.1 Å². The summed E-state index contributed by atoms with van der Waals surface area (Å²) in [7, 11) is 0. The number of imide groups is 1. The van der Waals surface area contributed by atoms with Gasteiger partial charge in [0.05, 0.1) is 17.1 Å². The zero-order valence-electron chi connectivity index (χ0n) is 12.9. The normalized spacial score (nSPS) is 25.8. The van der Waals surface area contributed by atoms with Crippen LogP contribution < -0.4 is 4.90 Å². The molecule has 1 aliphatic heterocycles. The maximum absolute atomic E-state index is 13.0. The van der Waals surface area contributed by atoms with Crippen LogP contribution in [-0.2, 0) is 14.4 Å². The largest absolute Gasteiger partial charge is 0.299 e. The number of rotatable bonds is 1. The smallest absolute Gasteiger partial charge is 0.261 e. The minimum absolute atomic E-state index is 0.104. The van der Waals surface area contributed by atoms with E-state index in [1.54, 1.807) is 24.4 Å². The van der Waals surface area contributed by atoms with E-state index in [0.29, 0.717) is 24.1 Å². The van der Waals surface area contributed by atoms with Crippen molar-refractivity contribution in [3.8, 4) is 0 Å². The molecule has 1 saturated heterocycles. The standard InChI is InChI=1S/C19H14N2O3/c22-15-9-10-6-7-12(15)17-16(10)18(23)21(19(17)24)14-5-1-4-13-11(14)3-2-8-20-13/h1-5,8,12,17H,6-7,9H2. The molecule has 4 aliphatic rings. The highest BCUT2D eigenvalue weighted by Crippen LogP contribution is 2.49. The van der Waals surface area contributed by atoms with E-state index < -0.39 is 5.92 Å². The van der Waals surface area contributed by atoms with Gasteiger partial charge in [-0.2, -0.15) is 0 Å². The number of benzene rings is 1. The highest BCUT2D eigenvalue weighted by atomic mass is 16.2. The van der Waals surface area contributed by atoms with Crippen LogP contribution in [0.15, 0.2) is 47.7 Å². The lowest BCUT2D eigenvalue weighted by molar-refractivity contribution is -0.131. The molecule has 0 radical (unpaired) electrons. The van der Waals surface area contributed by atoms with Crippen molar-refractivity contribution in [3.63, 3.8) is 0 Å². The predicted octanol–water partition coefficient (Wildman–Crippen LogP) is 2.40. The lowest BCUT2D eigenvalue weighted by Crippen LogP contribution is -2.38. The first-order valence-corrected chi connectivity index (χ1v) is 8.13. The van der Waals surface area contributed by atoms with Crippen LogP contribution in [0, 0.1) is 11.8 Å². The fourth-order valence-corrected chi connectivity index (χ4v) is 4.37. The quantitative estimate of drug-likeness (QED) is 0.757. The Morgan fingerprint density at radius 2 is 1.96 bits per heavy atom. The van der Waals surface area contributed by atoms with Crippen LogP contribution in [0.2, 0.25) is 0 Å². The molecule has 2 unspecified atom stereocenters. The number of amides is 2. The van der Waals surface area contributed by atoms with Crippen LogP contribution in [0.3, 0.4) is 0 Å². The van der Waals surface area contributed by atoms with Crippen molar-refractivity contribution >= 4 is 34.2 Å². The molecule has 5 heteroatoms. The number of Topliss-reactive ketones (excluding diaryl/α,β-unsaturated/α-hetero) is 1. The van der Waals surface area contributed by atoms with Gasteiger partial charge in [0.2, 0.25) is 5.91 Å². The Morgan fingerprint density at radius 1 is 1.08 bits per heavy atom. The lowest BCUT2D eigenvalue weighted by atomic mass is 9.67. The van der Waals surface area contributed by atoms with Crippen LogP contribution in [0.4, 0.5) is 5.69 Å². The van der Waals surface area contributed by atoms with Crippen LogP contribution in [0.5, 0.6) is 0 Å². The minimum atomic E-state index is -0.575. The van der Waals surface area contributed by atoms with E-state index in [1.807, 2.05) is 12.1 Å². The summed E-state index contributed by atoms with van der Waals surface area (Å²) >= 11 is 0. The Labute approximate surface area is 138 Å². The summed E-state index contributed by atoms with van der Waals surface area (Å²) in [6.07, 6.45) is 3.46. The molecule has 3 aliphatic carbocycles. The molecule has 2 bridgehead atoms. The average molecular weight is 318 g/mol. The summed E-state index contributed by atoms with van der Waals surface area (Å²) in [5.74, 6) is -1.32. The summed E-state index contributed by atoms with van der Waals surface area (Å²) in [4.78, 5) is 43.8. The van der Waals surface area contributed by atoms with Crippen molar-refractivity contribution in [1.29, 1.82) is 0 Å². The van der Waals surface area contributed by atoms with Crippen LogP contribution in [-0.4, -0.2) is 22.6 Å². The van der Waals surface area contributed by atoms with Gasteiger partial charge in [-0.15, -0.1) is 0 Å². The highest BCUT2D eigenvalue weighted by Gasteiger charge is 2.55. The number of carbonyl (C=O) groups is 3. The van der Waals surface area contributed by atoms with Gasteiger partial charge in [-0.25, -0.2) is 4.90 Å². The van der Waals surface area contributed by atoms with Gasteiger partial charge in [-0.1, -0.05) is 11.6 Å². The van der Waals surface area contributed by atoms with Crippen molar-refractivity contribution < 1.29 is 14.4 Å². The number of nitrogens with zero attached hydrogens (tertiary/aromatic N) is 2. The molecule has 2 atom stereocenters. The third-order valence-corrected chi connectivity index (χ3v) is 5.44. The molecule has 118 valence electrons. The molecule has 0 N–H and O–H groups in total. The molecule has 0 spiro atoms. The van der Waals surface area contributed by atoms with Crippen molar-refractivity contribution in [2.45, 2.75) is 19.3 Å². The second kappa shape index (κ2) is 4.60. The number of ketones is 1. The Morgan fingerprint density at radius 3 is 2.79 bits per heavy atom. The summed E-state index contributed by atoms with van der Waals surface area (Å²) < 4.78 is 0. The van der Waals surface area contributed by atoms with E-state index in [4.69, 9.17) is 0 Å². The van der Waals surface area contributed by atoms with Crippen molar-refractivity contribution in [2.24, 2.45) is 11.8 Å². The van der Waals surface area contributed by atoms with Crippen LogP contribution in [0.1, 0.15) is 19.3 Å². The Kier molecular flexibility index (Phi) is 2.61. The molecule has 2 aromatic rings. The number of aromatic nitrogens is 1. The number of pyridine rings is 1. The second-order valence-electron chi connectivity index (χ2n) is 6.61. The topological polar surface area (TPSA) is 67.3 Å². The Hall–Kier alpha value is -2.82. The number of hydrogen-bond acceptors (Lipinski definition) is 4. The van der Waals surface area contributed by atoms with Crippen molar-refractivity contribution in [3.05, 3.63) is 47.7 Å². The van der Waals surface area contributed by atoms with E-state index in [1.165, 1.54) is 4.90 Å². The molecular formula is C19H14N2O3. The SMILES string of the molecule is O=C1CC2=C3C(=O)N(c4cccc5ncccc45)C(=O)C3C1CC2. The van der Waals surface area contributed by atoms with Crippen LogP contribution in [0.25, 0.3) is 10.9 Å². The number of carbonyl (C=O) groups excluding carboxylic acids is 3. The number of hydrogen-bond donors (Lipinski definition) is 0. The van der Waals surface area contributed by atoms with Gasteiger partial charge >= 0.3 is 0 Å². The molecule has 6 rings (SSSR count). The van der Waals surface area contributed by atoms with Gasteiger partial charge in [0.25, 0.3) is 5.91 Å². The van der Waals surface area contributed by atoms with E-state index in [9.17, 15) is 14.4 Å². The fourth-order valence-electron chi connectivity index (χ4n) is 4.37. The third kappa shape index (κ3) is 1.59. The van der Waals surface area contributed by atoms with E-state index in [0.717, 1.165) is 22.9 Å². The Balaban J connectivity index is 1.71. The van der Waals surface area contributed by atoms with Crippen molar-refractivity contribution in [2.75, 3.05) is 4.90 Å². The van der Waals surface area contributed by atoms with Gasteiger partial charge in [0.15, 0.2) is 0 Å². The Bertz CT molecular complexity index is 970. The molecule has 2 fully saturated rings. The molecular weight excluding hydrogens is 304 g/mol. The number of anilines is 1. The summed E-state index contributed by atoms with van der Waals surface area (Å²) in [6, 6.07) is 9.07. The fraction of sp³-hybridized carbons (Fsp3) is 0.263. The summed E-state index contributed by atoms with van der Waals surface area (Å²) in [5.41, 5.74) is 2.75. The highest BCUT2D eigenvalue weighted by molar-refractivity contribution is 6.32. The van der Waals surface area contributed by atoms with E-state index >= 15 is 0 Å². The van der Waals surface area contributed by atoms with Crippen molar-refractivity contribution in [1.82, 2.24) is 4.98 Å². The maximum Gasteiger partial charge on any atom is 0.261 e. The monoisotopic (exact) mass is 318 g/mol. The van der Waals surface area contributed by atoms with Gasteiger partial charge in [-0.3, -0.25) is 19.4 Å². The molecule has 1 aromatic heterocycles. The van der Waals surface area contributed by atoms with Gasteiger partial charge < -0.3 is 0 Å².